The Morgan fingerprint density at radius 3 is 1.82 bits per heavy atom. The molecule has 764 valence electrons. The van der Waals surface area contributed by atoms with Crippen LogP contribution in [0.25, 0.3) is 0 Å². The normalized spacial score (nSPS) is 41.1. The van der Waals surface area contributed by atoms with E-state index in [0.29, 0.717) is 5.57 Å². The molecule has 42 atom stereocenters. The van der Waals surface area contributed by atoms with E-state index in [4.69, 9.17) is 56.8 Å². The van der Waals surface area contributed by atoms with E-state index >= 15 is 4.79 Å². The summed E-state index contributed by atoms with van der Waals surface area (Å²) < 4.78 is 71.9. The van der Waals surface area contributed by atoms with Crippen LogP contribution in [0.15, 0.2) is 46.2 Å². The van der Waals surface area contributed by atoms with Crippen LogP contribution < -0.4 is 5.32 Å². The Labute approximate surface area is 762 Å². The number of carbonyl (C=O) groups is 2. The van der Waals surface area contributed by atoms with Gasteiger partial charge in [-0.1, -0.05) is 60.1 Å². The highest BCUT2D eigenvalue weighted by Crippen LogP contribution is 2.76. The van der Waals surface area contributed by atoms with Crippen LogP contribution >= 0.6 is 0 Å². The molecule has 6 aliphatic carbocycles. The van der Waals surface area contributed by atoms with Crippen molar-refractivity contribution in [1.29, 1.82) is 0 Å². The van der Waals surface area contributed by atoms with Crippen LogP contribution in [0.1, 0.15) is 173 Å². The smallest absolute Gasteiger partial charge is 0.318 e. The Kier molecular flexibility index (Phi) is 36.9. The molecule has 46 nitrogen and oxygen atoms in total. The molecule has 0 radical (unpaired) electrons. The number of nitrogens with one attached hydrogen (secondary N) is 1. The minimum absolute atomic E-state index is 0.0714. The van der Waals surface area contributed by atoms with Gasteiger partial charge in [0.1, 0.15) is 122 Å². The van der Waals surface area contributed by atoms with E-state index in [2.05, 4.69) is 12.2 Å². The van der Waals surface area contributed by atoms with Crippen LogP contribution in [0.5, 0.6) is 0 Å². The predicted molar refractivity (Wildman–Crippen MR) is 443 cm³/mol. The highest BCUT2D eigenvalue weighted by Gasteiger charge is 2.73. The summed E-state index contributed by atoms with van der Waals surface area (Å²) in [5.41, 5.74) is -8.01. The standard InChI is InChI=1S/C86H145NO45/c1-13-43(124-76-65(115)68(52(102)36(4)121-76)123-44-16-15-40(96)53(103)55(44)105)57(107)69(128-75-63(113)59(109)67(37(5)122-75)127-73(118)64(114)66(35(3)95)126-71(116)61(111)54(104)41(97)20-25-88)74(119)130-78(120)85-24-23-79(6,7)27-39(85)38-14-17-47-81(9)21-19-49(82(10,32-92)46(81)18-22-83(47,11)84(38,12)28-48(85)99)131-86(33-93,132-77-62(112)58(108)56(106)45(29-89)125-77)70(129-72(117)60(110)51(101)34(2)94)42(98)26-50(100)87-80(8,30-90)31-91/h14,34-37,39-49,51-53,55-56,58-60,62-63,65,67-68,70-77,88-99,101-119H,13,15-33H2,1-12H3,(H,87,100)/b61-54-,66-64+,69-57+/t34?,35?,36?,37?,39?,40?,41?,42?,43?,44?,45?,46?,47?,48-,49+,51?,52?,53?,55?,56?,58?,59?,60?,62?,63?,65?,67?,68?,70?,71?,72?,73?,74?,75?,76?,77?,81+,82+,83-,84-,85-,86?/m1/s1. The molecule has 0 bridgehead atoms. The number of hydrogen-bond acceptors (Lipinski definition) is 45. The molecule has 3 saturated heterocycles. The lowest BCUT2D eigenvalue weighted by Gasteiger charge is -2.72. The van der Waals surface area contributed by atoms with E-state index in [1.807, 2.05) is 33.8 Å². The highest BCUT2D eigenvalue weighted by atomic mass is 16.8. The van der Waals surface area contributed by atoms with E-state index < -0.39 is 363 Å². The molecule has 132 heavy (non-hydrogen) atoms. The number of ether oxygens (including phenoxy) is 12. The number of allylic oxidation sites excluding steroid dienone is 2. The zero-order valence-electron chi connectivity index (χ0n) is 76.1. The van der Waals surface area contributed by atoms with Crippen molar-refractivity contribution in [2.75, 3.05) is 39.6 Å². The molecule has 0 aromatic carbocycles. The van der Waals surface area contributed by atoms with Crippen molar-refractivity contribution in [3.63, 3.8) is 0 Å². The van der Waals surface area contributed by atoms with E-state index in [1.165, 1.54) is 20.8 Å². The molecule has 3 aliphatic heterocycles. The van der Waals surface area contributed by atoms with Crippen molar-refractivity contribution in [2.24, 2.45) is 50.2 Å². The van der Waals surface area contributed by atoms with Crippen molar-refractivity contribution in [3.05, 3.63) is 46.2 Å². The first-order valence-electron chi connectivity index (χ1n) is 44.9. The van der Waals surface area contributed by atoms with Gasteiger partial charge in [-0.2, -0.15) is 0 Å². The number of fused-ring (bicyclic) bond motifs is 7. The summed E-state index contributed by atoms with van der Waals surface area (Å²) in [6.45, 7) is 13.0. The molecule has 0 aromatic rings. The zero-order valence-corrected chi connectivity index (χ0v) is 76.1. The molecule has 5 saturated carbocycles. The first kappa shape index (κ1) is 111. The van der Waals surface area contributed by atoms with Gasteiger partial charge in [-0.25, -0.2) is 0 Å². The lowest BCUT2D eigenvalue weighted by atomic mass is 9.33. The van der Waals surface area contributed by atoms with Crippen molar-refractivity contribution in [3.8, 4) is 0 Å². The number of aliphatic hydroxyl groups excluding tert-OH is 31. The molecule has 9 aliphatic rings. The molecule has 35 unspecified atom stereocenters. The van der Waals surface area contributed by atoms with Gasteiger partial charge in [0, 0.05) is 18.4 Å². The molecule has 3 heterocycles. The zero-order chi connectivity index (χ0) is 99.0. The third kappa shape index (κ3) is 21.9. The van der Waals surface area contributed by atoms with Gasteiger partial charge in [0.25, 0.3) is 12.6 Å². The van der Waals surface area contributed by atoms with Gasteiger partial charge in [-0.3, -0.25) is 9.59 Å². The summed E-state index contributed by atoms with van der Waals surface area (Å²) in [7, 11) is 0. The van der Waals surface area contributed by atoms with Gasteiger partial charge in [-0.05, 0) is 151 Å². The fourth-order valence-corrected chi connectivity index (χ4v) is 21.6. The van der Waals surface area contributed by atoms with Crippen molar-refractivity contribution in [1.82, 2.24) is 5.32 Å². The fraction of sp³-hybridized carbons (Fsp3) is 0.884. The lowest BCUT2D eigenvalue weighted by Crippen LogP contribution is -2.70. The molecular weight excluding hydrogens is 1770 g/mol. The molecule has 0 aromatic heterocycles. The van der Waals surface area contributed by atoms with Gasteiger partial charge in [0.15, 0.2) is 41.9 Å². The lowest BCUT2D eigenvalue weighted by molar-refractivity contribution is -0.427. The first-order valence-corrected chi connectivity index (χ1v) is 44.9. The Morgan fingerprint density at radius 1 is 0.591 bits per heavy atom. The van der Waals surface area contributed by atoms with Crippen molar-refractivity contribution >= 4 is 11.9 Å². The number of hydrogen-bond donors (Lipinski definition) is 32. The summed E-state index contributed by atoms with van der Waals surface area (Å²) in [5.74, 6) is -15.4. The van der Waals surface area contributed by atoms with E-state index in [1.54, 1.807) is 6.92 Å². The third-order valence-corrected chi connectivity index (χ3v) is 29.9. The van der Waals surface area contributed by atoms with Crippen LogP contribution in [0.4, 0.5) is 0 Å². The maximum absolute atomic E-state index is 16.1. The monoisotopic (exact) mass is 1910 g/mol. The van der Waals surface area contributed by atoms with Gasteiger partial charge in [0.05, 0.1) is 87.2 Å². The van der Waals surface area contributed by atoms with Gasteiger partial charge >= 0.3 is 5.97 Å². The van der Waals surface area contributed by atoms with Crippen LogP contribution in [0.2, 0.25) is 0 Å². The van der Waals surface area contributed by atoms with E-state index in [0.717, 1.165) is 20.8 Å². The molecule has 46 heteroatoms. The van der Waals surface area contributed by atoms with Crippen LogP contribution in [-0.4, -0.2) is 424 Å². The van der Waals surface area contributed by atoms with E-state index in [9.17, 15) is 163 Å². The fourth-order valence-electron chi connectivity index (χ4n) is 21.6. The summed E-state index contributed by atoms with van der Waals surface area (Å²) in [6, 6.07) is 0. The van der Waals surface area contributed by atoms with E-state index in [-0.39, 0.29) is 77.0 Å². The Morgan fingerprint density at radius 2 is 1.23 bits per heavy atom. The average Bonchev–Trinajstić information content (AvgIpc) is 0.668. The molecule has 0 spiro atoms. The summed E-state index contributed by atoms with van der Waals surface area (Å²) in [4.78, 5) is 30.0. The Balaban J connectivity index is 1.07. The number of esters is 1. The molecule has 9 rings (SSSR count). The van der Waals surface area contributed by atoms with Gasteiger partial charge in [-0.15, -0.1) is 0 Å². The minimum atomic E-state index is -3.17. The molecule has 1 amide bonds. The molecular formula is C86H145NO45. The summed E-state index contributed by atoms with van der Waals surface area (Å²) in [5, 5.41) is 349. The average molecular weight is 1910 g/mol. The van der Waals surface area contributed by atoms with Crippen molar-refractivity contribution in [2.45, 2.75) is 387 Å². The first-order chi connectivity index (χ1) is 61.4. The molecule has 8 fully saturated rings. The van der Waals surface area contributed by atoms with Gasteiger partial charge in [0.2, 0.25) is 35.8 Å². The topological polar surface area (TPSA) is 784 Å². The Hall–Kier alpha value is -4.74. The largest absolute Gasteiger partial charge is 0.506 e. The summed E-state index contributed by atoms with van der Waals surface area (Å²) >= 11 is 0. The molecule has 32 N–H and O–H groups in total. The number of carbonyl (C=O) groups excluding carboxylic acids is 2. The minimum Gasteiger partial charge on any atom is -0.506 e. The number of amides is 1. The van der Waals surface area contributed by atoms with Crippen LogP contribution in [0, 0.1) is 50.2 Å². The highest BCUT2D eigenvalue weighted by molar-refractivity contribution is 5.80. The Bertz CT molecular complexity index is 3910. The summed E-state index contributed by atoms with van der Waals surface area (Å²) in [6.07, 6.45) is -66.6. The predicted octanol–water partition coefficient (Wildman–Crippen LogP) is -6.70. The van der Waals surface area contributed by atoms with Crippen LogP contribution in [-0.2, 0) is 66.4 Å². The van der Waals surface area contributed by atoms with Crippen molar-refractivity contribution < 1.29 is 225 Å². The SMILES string of the molecule is CCC(OC1OC(C)C(O)C(OC2CCC(O)C(O)C2O)C1O)/C(O)=C(\OC1OC(C)C(OC(O)/C(O)=C(\OC(O)/C(O)=C(/O)C(O)CCO)C(C)O)C(O)C1O)C(O)OC(=O)[C@]12CCC(C)(C)CC1C1=CCC3[C@@]4(C)CC[C@H](OC(CO)(OC5OC(CO)C(O)C(O)C5O)C(OC(O)C(O)C(O)C(C)O)C(O)CC(=O)NC(C)(CO)CO)[C@@](C)(CO)C4CC[C@@]3(C)[C@]1(C)C[C@H]2O. The second-order valence-electron chi connectivity index (χ2n) is 39.4. The second-order valence-corrected chi connectivity index (χ2v) is 39.4. The van der Waals surface area contributed by atoms with Crippen LogP contribution in [0.3, 0.4) is 0 Å². The quantitative estimate of drug-likeness (QED) is 0.0117. The maximum Gasteiger partial charge on any atom is 0.318 e. The second kappa shape index (κ2) is 44.0. The third-order valence-electron chi connectivity index (χ3n) is 29.9. The van der Waals surface area contributed by atoms with Gasteiger partial charge < -0.3 is 220 Å². The maximum atomic E-state index is 16.1. The number of rotatable bonds is 40. The number of aliphatic hydroxyl groups is 31.